The lowest BCUT2D eigenvalue weighted by Crippen LogP contribution is -2.33. The SMILES string of the molecule is CCn1c(CO)nn(-c2nc(OC(C)C(F)(F)F)c(C(=O)Nc3cn(C)nc3Cl)cc2F)c1=O. The number of nitrogens with one attached hydrogen (secondary N) is 1. The summed E-state index contributed by atoms with van der Waals surface area (Å²) in [5.41, 5.74) is -1.62. The number of carbonyl (C=O) groups excluding carboxylic acids is 1. The van der Waals surface area contributed by atoms with E-state index in [0.29, 0.717) is 17.7 Å². The molecule has 3 rings (SSSR count). The zero-order valence-corrected chi connectivity index (χ0v) is 18.6. The van der Waals surface area contributed by atoms with E-state index in [1.54, 1.807) is 6.92 Å². The maximum absolute atomic E-state index is 15.0. The molecule has 0 spiro atoms. The average Bonchev–Trinajstić information content (AvgIpc) is 3.25. The monoisotopic (exact) mass is 507 g/mol. The van der Waals surface area contributed by atoms with Crippen molar-refractivity contribution in [1.82, 2.24) is 29.1 Å². The molecule has 1 unspecified atom stereocenters. The molecule has 184 valence electrons. The number of nitrogens with zero attached hydrogens (tertiary/aromatic N) is 6. The van der Waals surface area contributed by atoms with Crippen molar-refractivity contribution in [3.8, 4) is 11.7 Å². The van der Waals surface area contributed by atoms with Crippen LogP contribution in [0.4, 0.5) is 23.2 Å². The number of alkyl halides is 3. The molecule has 0 bridgehead atoms. The van der Waals surface area contributed by atoms with Crippen molar-refractivity contribution >= 4 is 23.2 Å². The van der Waals surface area contributed by atoms with E-state index in [2.05, 4.69) is 20.5 Å². The van der Waals surface area contributed by atoms with Gasteiger partial charge < -0.3 is 15.2 Å². The summed E-state index contributed by atoms with van der Waals surface area (Å²) < 4.78 is 61.9. The number of aromatic nitrogens is 6. The zero-order chi connectivity index (χ0) is 25.4. The largest absolute Gasteiger partial charge is 0.464 e. The summed E-state index contributed by atoms with van der Waals surface area (Å²) in [6.07, 6.45) is -5.98. The fourth-order valence-electron chi connectivity index (χ4n) is 2.84. The first kappa shape index (κ1) is 25.2. The van der Waals surface area contributed by atoms with Crippen LogP contribution < -0.4 is 15.7 Å². The summed E-state index contributed by atoms with van der Waals surface area (Å²) in [4.78, 5) is 29.0. The number of hydrogen-bond acceptors (Lipinski definition) is 7. The Morgan fingerprint density at radius 3 is 2.53 bits per heavy atom. The molecule has 2 N–H and O–H groups in total. The molecule has 3 heterocycles. The Balaban J connectivity index is 2.14. The molecule has 34 heavy (non-hydrogen) atoms. The van der Waals surface area contributed by atoms with Crippen LogP contribution in [0, 0.1) is 5.82 Å². The highest BCUT2D eigenvalue weighted by atomic mass is 35.5. The number of ether oxygens (including phenoxy) is 1. The molecule has 0 aliphatic carbocycles. The van der Waals surface area contributed by atoms with Crippen molar-refractivity contribution in [2.24, 2.45) is 7.05 Å². The minimum atomic E-state index is -4.85. The second-order valence-electron chi connectivity index (χ2n) is 6.92. The lowest BCUT2D eigenvalue weighted by Gasteiger charge is -2.19. The van der Waals surface area contributed by atoms with Crippen molar-refractivity contribution in [2.45, 2.75) is 39.3 Å². The van der Waals surface area contributed by atoms with Gasteiger partial charge in [0.2, 0.25) is 5.88 Å². The Hall–Kier alpha value is -3.46. The molecule has 3 aromatic heterocycles. The molecule has 0 aliphatic rings. The lowest BCUT2D eigenvalue weighted by molar-refractivity contribution is -0.190. The number of rotatable bonds is 7. The van der Waals surface area contributed by atoms with E-state index in [4.69, 9.17) is 16.3 Å². The van der Waals surface area contributed by atoms with Gasteiger partial charge in [0.05, 0.1) is 5.69 Å². The number of halogens is 5. The second kappa shape index (κ2) is 9.42. The van der Waals surface area contributed by atoms with E-state index >= 15 is 0 Å². The molecule has 3 aromatic rings. The van der Waals surface area contributed by atoms with Crippen LogP contribution in [0.3, 0.4) is 0 Å². The van der Waals surface area contributed by atoms with Crippen molar-refractivity contribution < 1.29 is 32.2 Å². The van der Waals surface area contributed by atoms with Gasteiger partial charge in [0.25, 0.3) is 5.91 Å². The second-order valence-corrected chi connectivity index (χ2v) is 7.28. The van der Waals surface area contributed by atoms with Crippen molar-refractivity contribution in [3.05, 3.63) is 45.1 Å². The maximum atomic E-state index is 15.0. The molecule has 1 atom stereocenters. The van der Waals surface area contributed by atoms with Gasteiger partial charge in [0.1, 0.15) is 12.2 Å². The summed E-state index contributed by atoms with van der Waals surface area (Å²) in [5.74, 6) is -4.23. The maximum Gasteiger partial charge on any atom is 0.425 e. The van der Waals surface area contributed by atoms with Crippen LogP contribution in [0.1, 0.15) is 30.0 Å². The van der Waals surface area contributed by atoms with E-state index in [0.717, 1.165) is 4.57 Å². The molecule has 0 aromatic carbocycles. The standard InChI is InChI=1S/C18H18ClF4N7O4/c1-4-29-12(7-31)26-30(17(29)33)14-10(20)5-9(16(25-14)34-8(2)18(21,22)23)15(32)24-11-6-28(3)27-13(11)19/h5-6,8,31H,4,7H2,1-3H3,(H,24,32). The molecular weight excluding hydrogens is 490 g/mol. The summed E-state index contributed by atoms with van der Waals surface area (Å²) >= 11 is 5.87. The third-order valence-corrected chi connectivity index (χ3v) is 4.82. The first-order valence-electron chi connectivity index (χ1n) is 9.61. The van der Waals surface area contributed by atoms with Crippen LogP contribution >= 0.6 is 11.6 Å². The normalized spacial score (nSPS) is 12.6. The number of aliphatic hydroxyl groups is 1. The highest BCUT2D eigenvalue weighted by Gasteiger charge is 2.39. The first-order chi connectivity index (χ1) is 15.9. The predicted molar refractivity (Wildman–Crippen MR) is 109 cm³/mol. The van der Waals surface area contributed by atoms with E-state index in [-0.39, 0.29) is 23.2 Å². The third kappa shape index (κ3) is 4.89. The average molecular weight is 508 g/mol. The molecule has 11 nitrogen and oxygen atoms in total. The number of pyridine rings is 1. The molecule has 0 saturated carbocycles. The molecule has 16 heteroatoms. The Morgan fingerprint density at radius 2 is 2.03 bits per heavy atom. The van der Waals surface area contributed by atoms with Crippen LogP contribution in [-0.4, -0.2) is 52.4 Å². The molecule has 1 amide bonds. The molecule has 0 radical (unpaired) electrons. The number of amides is 1. The number of aryl methyl sites for hydroxylation is 1. The Morgan fingerprint density at radius 1 is 1.35 bits per heavy atom. The van der Waals surface area contributed by atoms with E-state index in [9.17, 15) is 32.3 Å². The summed E-state index contributed by atoms with van der Waals surface area (Å²) in [6, 6.07) is 0.552. The fraction of sp³-hybridized carbons (Fsp3) is 0.389. The van der Waals surface area contributed by atoms with Crippen LogP contribution in [0.15, 0.2) is 17.1 Å². The Bertz CT molecular complexity index is 1280. The van der Waals surface area contributed by atoms with E-state index in [1.165, 1.54) is 17.9 Å². The van der Waals surface area contributed by atoms with Gasteiger partial charge in [0, 0.05) is 19.8 Å². The number of anilines is 1. The molecule has 0 saturated heterocycles. The van der Waals surface area contributed by atoms with Crippen molar-refractivity contribution in [2.75, 3.05) is 5.32 Å². The van der Waals surface area contributed by atoms with Gasteiger partial charge in [0.15, 0.2) is 28.7 Å². The predicted octanol–water partition coefficient (Wildman–Crippen LogP) is 2.05. The Kier molecular flexibility index (Phi) is 6.97. The van der Waals surface area contributed by atoms with Gasteiger partial charge >= 0.3 is 11.9 Å². The number of aliphatic hydroxyl groups excluding tert-OH is 1. The smallest absolute Gasteiger partial charge is 0.425 e. The van der Waals surface area contributed by atoms with Gasteiger partial charge in [-0.25, -0.2) is 9.18 Å². The molecular formula is C18H18ClF4N7O4. The van der Waals surface area contributed by atoms with E-state index in [1.807, 2.05) is 0 Å². The van der Waals surface area contributed by atoms with Gasteiger partial charge in [-0.1, -0.05) is 11.6 Å². The number of hydrogen-bond donors (Lipinski definition) is 2. The zero-order valence-electron chi connectivity index (χ0n) is 17.9. The molecule has 0 fully saturated rings. The first-order valence-corrected chi connectivity index (χ1v) is 9.99. The summed E-state index contributed by atoms with van der Waals surface area (Å²) in [7, 11) is 1.50. The van der Waals surface area contributed by atoms with Crippen LogP contribution in [0.25, 0.3) is 5.82 Å². The van der Waals surface area contributed by atoms with Gasteiger partial charge in [-0.15, -0.1) is 5.10 Å². The third-order valence-electron chi connectivity index (χ3n) is 4.55. The van der Waals surface area contributed by atoms with Gasteiger partial charge in [-0.2, -0.15) is 27.9 Å². The fourth-order valence-corrected chi connectivity index (χ4v) is 3.06. The quantitative estimate of drug-likeness (QED) is 0.468. The molecule has 0 aliphatic heterocycles. The highest BCUT2D eigenvalue weighted by Crippen LogP contribution is 2.29. The van der Waals surface area contributed by atoms with E-state index < -0.39 is 53.6 Å². The van der Waals surface area contributed by atoms with Crippen molar-refractivity contribution in [3.63, 3.8) is 0 Å². The highest BCUT2D eigenvalue weighted by molar-refractivity contribution is 6.32. The lowest BCUT2D eigenvalue weighted by atomic mass is 10.2. The number of carbonyl (C=O) groups is 1. The van der Waals surface area contributed by atoms with Crippen LogP contribution in [-0.2, 0) is 20.2 Å². The van der Waals surface area contributed by atoms with Gasteiger partial charge in [-0.05, 0) is 19.9 Å². The van der Waals surface area contributed by atoms with Crippen LogP contribution in [0.5, 0.6) is 5.88 Å². The Labute approximate surface area is 193 Å². The van der Waals surface area contributed by atoms with Crippen molar-refractivity contribution in [1.29, 1.82) is 0 Å². The summed E-state index contributed by atoms with van der Waals surface area (Å²) in [5, 5.41) is 19.1. The topological polar surface area (TPSA) is 129 Å². The van der Waals surface area contributed by atoms with Crippen LogP contribution in [0.2, 0.25) is 5.15 Å². The van der Waals surface area contributed by atoms with Gasteiger partial charge in [-0.3, -0.25) is 14.0 Å². The summed E-state index contributed by atoms with van der Waals surface area (Å²) in [6.45, 7) is 1.62. The minimum absolute atomic E-state index is 0.000956. The minimum Gasteiger partial charge on any atom is -0.464 e.